The van der Waals surface area contributed by atoms with Crippen LogP contribution >= 0.6 is 0 Å². The zero-order valence-electron chi connectivity index (χ0n) is 16.8. The number of aromatic nitrogens is 1. The summed E-state index contributed by atoms with van der Waals surface area (Å²) in [4.78, 5) is 18.6. The van der Waals surface area contributed by atoms with Crippen molar-refractivity contribution < 1.29 is 24.5 Å². The molecule has 152 valence electrons. The van der Waals surface area contributed by atoms with Gasteiger partial charge in [-0.2, -0.15) is 0 Å². The molecule has 0 fully saturated rings. The summed E-state index contributed by atoms with van der Waals surface area (Å²) >= 11 is 0. The molecule has 0 amide bonds. The summed E-state index contributed by atoms with van der Waals surface area (Å²) in [6.45, 7) is 6.57. The molecular formula is C21H27N2O5-. The van der Waals surface area contributed by atoms with Crippen molar-refractivity contribution in [2.45, 2.75) is 25.9 Å². The van der Waals surface area contributed by atoms with E-state index in [9.17, 15) is 15.0 Å². The summed E-state index contributed by atoms with van der Waals surface area (Å²) in [6.07, 6.45) is 2.09. The molecule has 1 aromatic carbocycles. The van der Waals surface area contributed by atoms with Gasteiger partial charge in [0.25, 0.3) is 0 Å². The molecule has 0 bridgehead atoms. The first-order valence-electron chi connectivity index (χ1n) is 9.25. The Labute approximate surface area is 165 Å². The molecule has 0 spiro atoms. The van der Waals surface area contributed by atoms with Crippen LogP contribution in [0.1, 0.15) is 30.7 Å². The third-order valence-electron chi connectivity index (χ3n) is 4.94. The number of rotatable bonds is 10. The Bertz CT molecular complexity index is 807. The lowest BCUT2D eigenvalue weighted by atomic mass is 9.84. The molecule has 0 aliphatic carbocycles. The summed E-state index contributed by atoms with van der Waals surface area (Å²) in [5.74, 6) is -0.884. The van der Waals surface area contributed by atoms with Crippen LogP contribution in [0.3, 0.4) is 0 Å². The predicted octanol–water partition coefficient (Wildman–Crippen LogP) is 0.969. The second-order valence-electron chi connectivity index (χ2n) is 6.34. The highest BCUT2D eigenvalue weighted by atomic mass is 16.5. The first-order chi connectivity index (χ1) is 13.4. The van der Waals surface area contributed by atoms with E-state index in [0.717, 1.165) is 13.1 Å². The molecule has 7 heteroatoms. The Morgan fingerprint density at radius 2 is 1.86 bits per heavy atom. The number of nitrogens with zero attached hydrogens (tertiary/aromatic N) is 2. The van der Waals surface area contributed by atoms with E-state index in [1.54, 1.807) is 24.4 Å². The molecule has 1 atom stereocenters. The number of carboxylic acid groups (broad SMARTS) is 1. The van der Waals surface area contributed by atoms with Crippen LogP contribution in [0.5, 0.6) is 11.5 Å². The van der Waals surface area contributed by atoms with Crippen LogP contribution in [-0.2, 0) is 16.8 Å². The molecule has 1 heterocycles. The van der Waals surface area contributed by atoms with Gasteiger partial charge in [-0.1, -0.05) is 26.0 Å². The van der Waals surface area contributed by atoms with Crippen molar-refractivity contribution in [2.75, 3.05) is 33.9 Å². The van der Waals surface area contributed by atoms with Crippen molar-refractivity contribution in [1.82, 2.24) is 9.88 Å². The summed E-state index contributed by atoms with van der Waals surface area (Å²) in [7, 11) is 2.92. The van der Waals surface area contributed by atoms with Crippen LogP contribution in [0, 0.1) is 0 Å². The molecule has 1 unspecified atom stereocenters. The molecule has 7 nitrogen and oxygen atoms in total. The lowest BCUT2D eigenvalue weighted by molar-refractivity contribution is -0.323. The second kappa shape index (κ2) is 9.52. The maximum absolute atomic E-state index is 12.1. The quantitative estimate of drug-likeness (QED) is 0.649. The van der Waals surface area contributed by atoms with Gasteiger partial charge in [0.1, 0.15) is 0 Å². The van der Waals surface area contributed by atoms with E-state index in [4.69, 9.17) is 9.47 Å². The summed E-state index contributed by atoms with van der Waals surface area (Å²) in [5, 5.41) is 23.4. The number of aliphatic carboxylic acids is 1. The first-order valence-corrected chi connectivity index (χ1v) is 9.25. The smallest absolute Gasteiger partial charge is 0.161 e. The normalized spacial score (nSPS) is 13.2. The van der Waals surface area contributed by atoms with Gasteiger partial charge in [0.2, 0.25) is 0 Å². The van der Waals surface area contributed by atoms with Crippen molar-refractivity contribution in [3.05, 3.63) is 53.3 Å². The Morgan fingerprint density at radius 3 is 2.43 bits per heavy atom. The van der Waals surface area contributed by atoms with E-state index >= 15 is 0 Å². The standard InChI is InChI=1S/C21H28N2O5/c1-5-23(6-2)13-11-17-16(8-7-12-22-17)21(26,20(24)25)15-9-10-18(27-3)19(14-15)28-4/h7-10,12,14,26H,5-6,11,13H2,1-4H3,(H,24,25)/p-1. The van der Waals surface area contributed by atoms with Crippen molar-refractivity contribution >= 4 is 5.97 Å². The molecule has 0 aliphatic heterocycles. The predicted molar refractivity (Wildman–Crippen MR) is 103 cm³/mol. The van der Waals surface area contributed by atoms with Gasteiger partial charge in [-0.15, -0.1) is 0 Å². The topological polar surface area (TPSA) is 95.0 Å². The molecule has 1 aromatic heterocycles. The highest BCUT2D eigenvalue weighted by Gasteiger charge is 2.36. The second-order valence-corrected chi connectivity index (χ2v) is 6.34. The summed E-state index contributed by atoms with van der Waals surface area (Å²) < 4.78 is 10.5. The molecule has 0 radical (unpaired) electrons. The summed E-state index contributed by atoms with van der Waals surface area (Å²) in [5.41, 5.74) is -1.56. The molecule has 0 saturated heterocycles. The highest BCUT2D eigenvalue weighted by molar-refractivity contribution is 5.82. The number of aliphatic hydroxyl groups is 1. The zero-order chi connectivity index (χ0) is 20.7. The molecule has 28 heavy (non-hydrogen) atoms. The number of pyridine rings is 1. The van der Waals surface area contributed by atoms with Gasteiger partial charge in [-0.05, 0) is 36.9 Å². The Morgan fingerprint density at radius 1 is 1.18 bits per heavy atom. The number of carbonyl (C=O) groups excluding carboxylic acids is 1. The summed E-state index contributed by atoms with van der Waals surface area (Å²) in [6, 6.07) is 7.64. The highest BCUT2D eigenvalue weighted by Crippen LogP contribution is 2.36. The number of benzene rings is 1. The molecular weight excluding hydrogens is 360 g/mol. The minimum Gasteiger partial charge on any atom is -0.546 e. The minimum atomic E-state index is -2.37. The number of ether oxygens (including phenoxy) is 2. The molecule has 2 aromatic rings. The van der Waals surface area contributed by atoms with Crippen molar-refractivity contribution in [3.8, 4) is 11.5 Å². The zero-order valence-corrected chi connectivity index (χ0v) is 16.8. The Hall–Kier alpha value is -2.64. The average Bonchev–Trinajstić information content (AvgIpc) is 2.73. The molecule has 1 N–H and O–H groups in total. The monoisotopic (exact) mass is 387 g/mol. The van der Waals surface area contributed by atoms with Crippen LogP contribution in [-0.4, -0.2) is 54.8 Å². The van der Waals surface area contributed by atoms with Crippen LogP contribution in [0.15, 0.2) is 36.5 Å². The fourth-order valence-electron chi connectivity index (χ4n) is 3.22. The largest absolute Gasteiger partial charge is 0.546 e. The number of hydrogen-bond donors (Lipinski definition) is 1. The Balaban J connectivity index is 2.53. The fraction of sp³-hybridized carbons (Fsp3) is 0.429. The molecule has 0 saturated carbocycles. The average molecular weight is 387 g/mol. The van der Waals surface area contributed by atoms with Gasteiger partial charge in [-0.3, -0.25) is 4.98 Å². The lowest BCUT2D eigenvalue weighted by Crippen LogP contribution is -2.47. The van der Waals surface area contributed by atoms with Crippen molar-refractivity contribution in [2.24, 2.45) is 0 Å². The van der Waals surface area contributed by atoms with E-state index in [0.29, 0.717) is 30.2 Å². The maximum Gasteiger partial charge on any atom is 0.161 e. The molecule has 2 rings (SSSR count). The number of carbonyl (C=O) groups is 1. The number of carboxylic acids is 1. The van der Waals surface area contributed by atoms with Gasteiger partial charge in [-0.25, -0.2) is 0 Å². The van der Waals surface area contributed by atoms with E-state index in [1.165, 1.54) is 26.4 Å². The number of likely N-dealkylation sites (N-methyl/N-ethyl adjacent to an activating group) is 1. The van der Waals surface area contributed by atoms with E-state index < -0.39 is 11.6 Å². The van der Waals surface area contributed by atoms with Crippen LogP contribution in [0.25, 0.3) is 0 Å². The number of methoxy groups -OCH3 is 2. The van der Waals surface area contributed by atoms with Crippen LogP contribution in [0.4, 0.5) is 0 Å². The van der Waals surface area contributed by atoms with E-state index in [1.807, 2.05) is 0 Å². The van der Waals surface area contributed by atoms with E-state index in [-0.39, 0.29) is 11.1 Å². The fourth-order valence-corrected chi connectivity index (χ4v) is 3.22. The Kier molecular flexibility index (Phi) is 7.37. The third kappa shape index (κ3) is 4.26. The first kappa shape index (κ1) is 21.7. The molecule has 0 aliphatic rings. The van der Waals surface area contributed by atoms with Crippen LogP contribution < -0.4 is 14.6 Å². The van der Waals surface area contributed by atoms with Gasteiger partial charge < -0.3 is 29.4 Å². The van der Waals surface area contributed by atoms with Gasteiger partial charge in [0, 0.05) is 30.4 Å². The SMILES string of the molecule is CCN(CC)CCc1ncccc1C(O)(C(=O)[O-])c1ccc(OC)c(OC)c1. The van der Waals surface area contributed by atoms with Gasteiger partial charge >= 0.3 is 0 Å². The maximum atomic E-state index is 12.1. The van der Waals surface area contributed by atoms with Crippen molar-refractivity contribution in [3.63, 3.8) is 0 Å². The number of hydrogen-bond acceptors (Lipinski definition) is 7. The van der Waals surface area contributed by atoms with E-state index in [2.05, 4.69) is 23.7 Å². The lowest BCUT2D eigenvalue weighted by Gasteiger charge is -2.32. The third-order valence-corrected chi connectivity index (χ3v) is 4.94. The van der Waals surface area contributed by atoms with Gasteiger partial charge in [0.05, 0.1) is 20.2 Å². The van der Waals surface area contributed by atoms with Crippen LogP contribution in [0.2, 0.25) is 0 Å². The van der Waals surface area contributed by atoms with Crippen molar-refractivity contribution in [1.29, 1.82) is 0 Å². The van der Waals surface area contributed by atoms with Gasteiger partial charge in [0.15, 0.2) is 17.1 Å². The minimum absolute atomic E-state index is 0.113.